The molecule has 0 aromatic carbocycles. The van der Waals surface area contributed by atoms with Gasteiger partial charge in [-0.2, -0.15) is 0 Å². The molecule has 0 bridgehead atoms. The van der Waals surface area contributed by atoms with Crippen LogP contribution >= 0.6 is 34.5 Å². The van der Waals surface area contributed by atoms with Crippen molar-refractivity contribution < 1.29 is 0 Å². The lowest BCUT2D eigenvalue weighted by molar-refractivity contribution is 0.126. The van der Waals surface area contributed by atoms with E-state index in [1.54, 1.807) is 11.3 Å². The van der Waals surface area contributed by atoms with E-state index in [1.807, 2.05) is 12.1 Å². The van der Waals surface area contributed by atoms with Gasteiger partial charge in [-0.15, -0.1) is 22.9 Å². The Kier molecular flexibility index (Phi) is 3.80. The molecule has 0 aliphatic heterocycles. The van der Waals surface area contributed by atoms with Crippen LogP contribution in [0.4, 0.5) is 0 Å². The zero-order valence-corrected chi connectivity index (χ0v) is 12.2. The first-order chi connectivity index (χ1) is 6.66. The molecule has 15 heavy (non-hydrogen) atoms. The number of halogens is 2. The molecule has 1 aromatic rings. The van der Waals surface area contributed by atoms with Gasteiger partial charge in [0.1, 0.15) is 0 Å². The van der Waals surface area contributed by atoms with Crippen molar-refractivity contribution in [3.05, 3.63) is 21.3 Å². The third-order valence-electron chi connectivity index (χ3n) is 3.41. The molecular weight excluding hydrogens is 247 g/mol. The Hall–Kier alpha value is 0.280. The number of alkyl halides is 1. The van der Waals surface area contributed by atoms with Crippen molar-refractivity contribution >= 4 is 34.5 Å². The van der Waals surface area contributed by atoms with Gasteiger partial charge in [0.25, 0.3) is 0 Å². The summed E-state index contributed by atoms with van der Waals surface area (Å²) in [5.74, 6) is 0. The molecule has 1 atom stereocenters. The van der Waals surface area contributed by atoms with Crippen LogP contribution < -0.4 is 0 Å². The lowest BCUT2D eigenvalue weighted by Gasteiger charge is -2.42. The van der Waals surface area contributed by atoms with E-state index < -0.39 is 0 Å². The number of hydrogen-bond acceptors (Lipinski definition) is 1. The molecule has 0 saturated carbocycles. The molecule has 86 valence electrons. The Morgan fingerprint density at radius 2 is 1.67 bits per heavy atom. The largest absolute Gasteiger partial charge is 0.127 e. The Labute approximate surface area is 107 Å². The minimum atomic E-state index is 0.00926. The predicted molar refractivity (Wildman–Crippen MR) is 71.2 cm³/mol. The quantitative estimate of drug-likeness (QED) is 0.597. The van der Waals surface area contributed by atoms with Crippen molar-refractivity contribution in [3.63, 3.8) is 0 Å². The predicted octanol–water partition coefficient (Wildman–Crippen LogP) is 5.75. The van der Waals surface area contributed by atoms with Crippen molar-refractivity contribution in [2.24, 2.45) is 10.8 Å². The molecular formula is C12H18Cl2S. The monoisotopic (exact) mass is 264 g/mol. The van der Waals surface area contributed by atoms with Crippen LogP contribution in [0.2, 0.25) is 4.34 Å². The first-order valence-electron chi connectivity index (χ1n) is 5.05. The fourth-order valence-electron chi connectivity index (χ4n) is 1.20. The third kappa shape index (κ3) is 2.69. The molecule has 0 fully saturated rings. The number of rotatable bonds is 2. The Bertz CT molecular complexity index is 334. The topological polar surface area (TPSA) is 0 Å². The zero-order chi connectivity index (χ0) is 11.9. The normalized spacial score (nSPS) is 15.4. The van der Waals surface area contributed by atoms with Gasteiger partial charge in [-0.3, -0.25) is 0 Å². The van der Waals surface area contributed by atoms with Crippen LogP contribution in [0.3, 0.4) is 0 Å². The minimum Gasteiger partial charge on any atom is -0.127 e. The van der Waals surface area contributed by atoms with E-state index in [4.69, 9.17) is 23.2 Å². The summed E-state index contributed by atoms with van der Waals surface area (Å²) in [5, 5.41) is 0.00926. The Morgan fingerprint density at radius 1 is 1.13 bits per heavy atom. The maximum atomic E-state index is 6.55. The summed E-state index contributed by atoms with van der Waals surface area (Å²) in [6.07, 6.45) is 0. The van der Waals surface area contributed by atoms with E-state index in [9.17, 15) is 0 Å². The Balaban J connectivity index is 2.99. The highest BCUT2D eigenvalue weighted by molar-refractivity contribution is 7.16. The van der Waals surface area contributed by atoms with Gasteiger partial charge in [0, 0.05) is 4.88 Å². The highest BCUT2D eigenvalue weighted by atomic mass is 35.5. The third-order valence-corrected chi connectivity index (χ3v) is 5.62. The average molecular weight is 265 g/mol. The molecule has 0 aliphatic carbocycles. The molecule has 0 saturated heterocycles. The lowest BCUT2D eigenvalue weighted by atomic mass is 9.67. The highest BCUT2D eigenvalue weighted by Crippen LogP contribution is 2.52. The molecule has 1 heterocycles. The van der Waals surface area contributed by atoms with Crippen LogP contribution in [0, 0.1) is 10.8 Å². The summed E-state index contributed by atoms with van der Waals surface area (Å²) < 4.78 is 0.806. The number of hydrogen-bond donors (Lipinski definition) is 0. The first kappa shape index (κ1) is 13.3. The van der Waals surface area contributed by atoms with Gasteiger partial charge in [0.05, 0.1) is 9.71 Å². The standard InChI is InChI=1S/C12H18Cl2S/c1-11(2,3)12(4,5)10(14)8-6-7-9(13)15-8/h6-7,10H,1-5H3. The molecule has 1 aromatic heterocycles. The highest BCUT2D eigenvalue weighted by Gasteiger charge is 2.40. The second-order valence-electron chi connectivity index (χ2n) is 5.48. The summed E-state index contributed by atoms with van der Waals surface area (Å²) in [7, 11) is 0. The summed E-state index contributed by atoms with van der Waals surface area (Å²) in [6, 6.07) is 3.94. The van der Waals surface area contributed by atoms with Gasteiger partial charge in [-0.1, -0.05) is 46.2 Å². The van der Waals surface area contributed by atoms with Gasteiger partial charge in [-0.05, 0) is 23.0 Å². The molecule has 0 spiro atoms. The molecule has 0 N–H and O–H groups in total. The summed E-state index contributed by atoms with van der Waals surface area (Å²) in [6.45, 7) is 11.1. The van der Waals surface area contributed by atoms with Gasteiger partial charge >= 0.3 is 0 Å². The van der Waals surface area contributed by atoms with E-state index in [2.05, 4.69) is 34.6 Å². The molecule has 1 rings (SSSR count). The first-order valence-corrected chi connectivity index (χ1v) is 6.68. The molecule has 0 nitrogen and oxygen atoms in total. The van der Waals surface area contributed by atoms with Crippen molar-refractivity contribution in [1.82, 2.24) is 0 Å². The minimum absolute atomic E-state index is 0.00926. The zero-order valence-electron chi connectivity index (χ0n) is 9.90. The number of thiophene rings is 1. The fourth-order valence-corrected chi connectivity index (χ4v) is 2.96. The van der Waals surface area contributed by atoms with Gasteiger partial charge in [0.2, 0.25) is 0 Å². The lowest BCUT2D eigenvalue weighted by Crippen LogP contribution is -2.33. The average Bonchev–Trinajstić information content (AvgIpc) is 2.48. The van der Waals surface area contributed by atoms with Gasteiger partial charge in [0.15, 0.2) is 0 Å². The van der Waals surface area contributed by atoms with Crippen LogP contribution in [-0.4, -0.2) is 0 Å². The SMILES string of the molecule is CC(C)(C)C(C)(C)C(Cl)c1ccc(Cl)s1. The Morgan fingerprint density at radius 3 is 2.00 bits per heavy atom. The molecule has 0 aliphatic rings. The van der Waals surface area contributed by atoms with E-state index in [-0.39, 0.29) is 16.2 Å². The summed E-state index contributed by atoms with van der Waals surface area (Å²) in [4.78, 5) is 1.15. The van der Waals surface area contributed by atoms with E-state index in [0.29, 0.717) is 0 Å². The van der Waals surface area contributed by atoms with Crippen LogP contribution in [0.1, 0.15) is 44.9 Å². The van der Waals surface area contributed by atoms with Crippen LogP contribution in [-0.2, 0) is 0 Å². The van der Waals surface area contributed by atoms with Crippen molar-refractivity contribution in [3.8, 4) is 0 Å². The fraction of sp³-hybridized carbons (Fsp3) is 0.667. The van der Waals surface area contributed by atoms with Crippen LogP contribution in [0.15, 0.2) is 12.1 Å². The van der Waals surface area contributed by atoms with E-state index in [0.717, 1.165) is 9.21 Å². The molecule has 0 radical (unpaired) electrons. The van der Waals surface area contributed by atoms with Crippen LogP contribution in [0.5, 0.6) is 0 Å². The second-order valence-corrected chi connectivity index (χ2v) is 7.66. The van der Waals surface area contributed by atoms with E-state index >= 15 is 0 Å². The second kappa shape index (κ2) is 4.27. The van der Waals surface area contributed by atoms with Crippen molar-refractivity contribution in [1.29, 1.82) is 0 Å². The van der Waals surface area contributed by atoms with Crippen molar-refractivity contribution in [2.75, 3.05) is 0 Å². The van der Waals surface area contributed by atoms with E-state index in [1.165, 1.54) is 0 Å². The maximum Gasteiger partial charge on any atom is 0.0931 e. The molecule has 3 heteroatoms. The smallest absolute Gasteiger partial charge is 0.0931 e. The van der Waals surface area contributed by atoms with Gasteiger partial charge in [-0.25, -0.2) is 0 Å². The van der Waals surface area contributed by atoms with Crippen LogP contribution in [0.25, 0.3) is 0 Å². The summed E-state index contributed by atoms with van der Waals surface area (Å²) in [5.41, 5.74) is 0.193. The molecule has 1 unspecified atom stereocenters. The maximum absolute atomic E-state index is 6.55. The molecule has 0 amide bonds. The van der Waals surface area contributed by atoms with Crippen molar-refractivity contribution in [2.45, 2.75) is 40.0 Å². The van der Waals surface area contributed by atoms with Gasteiger partial charge < -0.3 is 0 Å². The summed E-state index contributed by atoms with van der Waals surface area (Å²) >= 11 is 14.0.